The lowest BCUT2D eigenvalue weighted by atomic mass is 10.4. The molecule has 1 aliphatic heterocycles. The molecule has 0 bridgehead atoms. The van der Waals surface area contributed by atoms with E-state index in [1.807, 2.05) is 0 Å². The number of rotatable bonds is 0. The molecule has 1 aromatic rings. The Hall–Kier alpha value is -1.25. The van der Waals surface area contributed by atoms with Gasteiger partial charge in [-0.15, -0.1) is 0 Å². The highest BCUT2D eigenvalue weighted by molar-refractivity contribution is 5.66. The van der Waals surface area contributed by atoms with Gasteiger partial charge in [-0.1, -0.05) is 0 Å². The summed E-state index contributed by atoms with van der Waals surface area (Å²) in [5.74, 6) is 1.41. The van der Waals surface area contributed by atoms with Crippen LogP contribution in [0.15, 0.2) is 12.3 Å². The van der Waals surface area contributed by atoms with Crippen LogP contribution in [0.4, 0.5) is 5.69 Å². The van der Waals surface area contributed by atoms with Crippen LogP contribution < -0.4 is 10.5 Å². The van der Waals surface area contributed by atoms with Gasteiger partial charge in [0.1, 0.15) is 0 Å². The molecule has 3 heteroatoms. The number of hydrogen-bond donors (Lipinski definition) is 1. The maximum absolute atomic E-state index is 5.41. The molecule has 0 amide bonds. The second kappa shape index (κ2) is 0.940. The molecule has 1 aliphatic rings. The normalized spacial score (nSPS) is 12.0. The van der Waals surface area contributed by atoms with Crippen LogP contribution in [-0.2, 0) is 0 Å². The van der Waals surface area contributed by atoms with E-state index in [1.54, 1.807) is 12.3 Å². The van der Waals surface area contributed by atoms with E-state index in [0.29, 0.717) is 11.6 Å². The number of aromatic nitrogens is 1. The summed E-state index contributed by atoms with van der Waals surface area (Å²) in [6.45, 7) is 0. The first kappa shape index (κ1) is 3.72. The van der Waals surface area contributed by atoms with Gasteiger partial charge in [0.05, 0.1) is 5.69 Å². The number of nitrogens with two attached hydrogens (primary N) is 1. The minimum absolute atomic E-state index is 0.671. The Balaban J connectivity index is 2.70. The van der Waals surface area contributed by atoms with E-state index in [4.69, 9.17) is 10.5 Å². The highest BCUT2D eigenvalue weighted by Gasteiger charge is 2.24. The standard InChI is InChI=1S/C5H4N2O/c6-3-1-2-7-5-4(3)8-5/h1-2H,(H2,6,7). The Morgan fingerprint density at radius 1 is 1.62 bits per heavy atom. The summed E-state index contributed by atoms with van der Waals surface area (Å²) in [4.78, 5) is 3.83. The van der Waals surface area contributed by atoms with Gasteiger partial charge in [0.25, 0.3) is 5.88 Å². The minimum atomic E-state index is 0.671. The third-order valence-electron chi connectivity index (χ3n) is 1.06. The quantitative estimate of drug-likeness (QED) is 0.507. The third-order valence-corrected chi connectivity index (χ3v) is 1.06. The summed E-state index contributed by atoms with van der Waals surface area (Å²) in [5.41, 5.74) is 6.08. The second-order valence-electron chi connectivity index (χ2n) is 1.64. The minimum Gasteiger partial charge on any atom is -0.428 e. The smallest absolute Gasteiger partial charge is 0.265 e. The summed E-state index contributed by atoms with van der Waals surface area (Å²) in [5, 5.41) is 0. The van der Waals surface area contributed by atoms with Crippen molar-refractivity contribution >= 4 is 5.69 Å². The second-order valence-corrected chi connectivity index (χ2v) is 1.64. The van der Waals surface area contributed by atoms with Gasteiger partial charge in [-0.25, -0.2) is 4.98 Å². The van der Waals surface area contributed by atoms with E-state index < -0.39 is 0 Å². The lowest BCUT2D eigenvalue weighted by Gasteiger charge is -1.77. The number of ether oxygens (including phenoxy) is 1. The Morgan fingerprint density at radius 2 is 2.50 bits per heavy atom. The summed E-state index contributed by atoms with van der Waals surface area (Å²) in [6, 6.07) is 1.71. The van der Waals surface area contributed by atoms with Crippen molar-refractivity contribution in [3.05, 3.63) is 12.3 Å². The Morgan fingerprint density at radius 3 is 3.12 bits per heavy atom. The summed E-state index contributed by atoms with van der Waals surface area (Å²) in [6.07, 6.45) is 1.63. The molecule has 0 aliphatic carbocycles. The fraction of sp³-hybridized carbons (Fsp3) is 0. The molecule has 1 aromatic heterocycles. The first-order chi connectivity index (χ1) is 3.88. The van der Waals surface area contributed by atoms with Crippen LogP contribution in [0, 0.1) is 0 Å². The largest absolute Gasteiger partial charge is 0.428 e. The van der Waals surface area contributed by atoms with Crippen molar-refractivity contribution in [3.63, 3.8) is 0 Å². The summed E-state index contributed by atoms with van der Waals surface area (Å²) >= 11 is 0. The van der Waals surface area contributed by atoms with Crippen molar-refractivity contribution in [1.82, 2.24) is 4.98 Å². The first-order valence-electron chi connectivity index (χ1n) is 2.30. The Kier molecular flexibility index (Phi) is 0.436. The molecular formula is C5H4N2O. The van der Waals surface area contributed by atoms with Gasteiger partial charge in [-0.3, -0.25) is 0 Å². The monoisotopic (exact) mass is 108 g/mol. The molecule has 3 nitrogen and oxygen atoms in total. The molecule has 2 rings (SSSR count). The molecule has 8 heavy (non-hydrogen) atoms. The van der Waals surface area contributed by atoms with E-state index in [2.05, 4.69) is 4.98 Å². The highest BCUT2D eigenvalue weighted by Crippen LogP contribution is 2.46. The number of pyridine rings is 1. The maximum atomic E-state index is 5.41. The molecule has 2 N–H and O–H groups in total. The van der Waals surface area contributed by atoms with Crippen LogP contribution in [0.5, 0.6) is 11.6 Å². The molecule has 0 radical (unpaired) electrons. The van der Waals surface area contributed by atoms with Crippen molar-refractivity contribution in [1.29, 1.82) is 0 Å². The fourth-order valence-corrected chi connectivity index (χ4v) is 0.599. The predicted molar refractivity (Wildman–Crippen MR) is 28.7 cm³/mol. The molecule has 0 fully saturated rings. The molecule has 40 valence electrons. The molecule has 0 unspecified atom stereocenters. The Labute approximate surface area is 46.1 Å². The van der Waals surface area contributed by atoms with E-state index in [1.165, 1.54) is 0 Å². The molecule has 0 atom stereocenters. The van der Waals surface area contributed by atoms with Crippen LogP contribution in [0.25, 0.3) is 0 Å². The zero-order valence-electron chi connectivity index (χ0n) is 4.09. The van der Waals surface area contributed by atoms with Gasteiger partial charge in [-0.2, -0.15) is 0 Å². The number of hydrogen-bond acceptors (Lipinski definition) is 3. The Bertz CT molecular complexity index is 234. The topological polar surface area (TPSA) is 51.4 Å². The number of nitrogen functional groups attached to an aromatic ring is 1. The average molecular weight is 108 g/mol. The van der Waals surface area contributed by atoms with Crippen molar-refractivity contribution in [3.8, 4) is 11.6 Å². The summed E-state index contributed by atoms with van der Waals surface area (Å²) < 4.78 is 4.83. The van der Waals surface area contributed by atoms with Gasteiger partial charge in [0.2, 0.25) is 5.75 Å². The van der Waals surface area contributed by atoms with Crippen LogP contribution in [0.2, 0.25) is 0 Å². The van der Waals surface area contributed by atoms with Crippen molar-refractivity contribution in [2.24, 2.45) is 0 Å². The van der Waals surface area contributed by atoms with Gasteiger partial charge in [-0.05, 0) is 6.07 Å². The SMILES string of the molecule is Nc1ccnc2c1O2. The summed E-state index contributed by atoms with van der Waals surface area (Å²) in [7, 11) is 0. The van der Waals surface area contributed by atoms with Crippen LogP contribution >= 0.6 is 0 Å². The van der Waals surface area contributed by atoms with Gasteiger partial charge >= 0.3 is 0 Å². The maximum Gasteiger partial charge on any atom is 0.265 e. The van der Waals surface area contributed by atoms with Gasteiger partial charge < -0.3 is 10.5 Å². The molecule has 0 saturated heterocycles. The molecular weight excluding hydrogens is 104 g/mol. The lowest BCUT2D eigenvalue weighted by Crippen LogP contribution is -1.78. The van der Waals surface area contributed by atoms with E-state index in [9.17, 15) is 0 Å². The lowest BCUT2D eigenvalue weighted by molar-refractivity contribution is 0.636. The molecule has 0 saturated carbocycles. The number of anilines is 1. The zero-order valence-corrected chi connectivity index (χ0v) is 4.09. The number of fused-ring (bicyclic) bond motifs is 1. The van der Waals surface area contributed by atoms with Crippen molar-refractivity contribution < 1.29 is 4.74 Å². The first-order valence-corrected chi connectivity index (χ1v) is 2.30. The number of nitrogens with zero attached hydrogens (tertiary/aromatic N) is 1. The van der Waals surface area contributed by atoms with Gasteiger partial charge in [0, 0.05) is 6.20 Å². The van der Waals surface area contributed by atoms with Gasteiger partial charge in [0.15, 0.2) is 0 Å². The van der Waals surface area contributed by atoms with E-state index >= 15 is 0 Å². The highest BCUT2D eigenvalue weighted by atomic mass is 16.6. The van der Waals surface area contributed by atoms with E-state index in [0.717, 1.165) is 5.75 Å². The van der Waals surface area contributed by atoms with Crippen LogP contribution in [0.1, 0.15) is 0 Å². The molecule has 0 aromatic carbocycles. The predicted octanol–water partition coefficient (Wildman–Crippen LogP) is 0.769. The zero-order chi connectivity index (χ0) is 5.56. The van der Waals surface area contributed by atoms with E-state index in [-0.39, 0.29) is 0 Å². The van der Waals surface area contributed by atoms with Crippen molar-refractivity contribution in [2.75, 3.05) is 5.73 Å². The average Bonchev–Trinajstić information content (AvgIpc) is 2.45. The van der Waals surface area contributed by atoms with Crippen LogP contribution in [-0.4, -0.2) is 4.98 Å². The van der Waals surface area contributed by atoms with Crippen molar-refractivity contribution in [2.45, 2.75) is 0 Å². The van der Waals surface area contributed by atoms with Crippen LogP contribution in [0.3, 0.4) is 0 Å². The third kappa shape index (κ3) is 0.307. The molecule has 0 spiro atoms. The fourth-order valence-electron chi connectivity index (χ4n) is 0.599. The molecule has 2 heterocycles.